The molecule has 0 bridgehead atoms. The molecular weight excluding hydrogens is 364 g/mol. The zero-order chi connectivity index (χ0) is 15.7. The van der Waals surface area contributed by atoms with Crippen molar-refractivity contribution in [1.29, 1.82) is 0 Å². The van der Waals surface area contributed by atoms with Crippen molar-refractivity contribution in [2.24, 2.45) is 11.8 Å². The van der Waals surface area contributed by atoms with Gasteiger partial charge in [0.15, 0.2) is 0 Å². The molecule has 0 aromatic carbocycles. The lowest BCUT2D eigenvalue weighted by molar-refractivity contribution is -0.142. The highest BCUT2D eigenvalue weighted by atomic mass is 79.9. The van der Waals surface area contributed by atoms with Crippen LogP contribution in [0.15, 0.2) is 28.1 Å². The van der Waals surface area contributed by atoms with Crippen LogP contribution in [0.3, 0.4) is 0 Å². The molecule has 2 heterocycles. The third-order valence-electron chi connectivity index (χ3n) is 4.40. The first-order valence-corrected chi connectivity index (χ1v) is 9.18. The van der Waals surface area contributed by atoms with Gasteiger partial charge in [-0.1, -0.05) is 19.1 Å². The van der Waals surface area contributed by atoms with Gasteiger partial charge in [-0.3, -0.25) is 19.4 Å². The zero-order valence-electron chi connectivity index (χ0n) is 12.5. The minimum atomic E-state index is -0.132. The number of hydrogen-bond acceptors (Lipinski definition) is 4. The van der Waals surface area contributed by atoms with Crippen LogP contribution in [-0.2, 0) is 16.1 Å². The van der Waals surface area contributed by atoms with Crippen LogP contribution < -0.4 is 0 Å². The Hall–Kier alpha value is -0.980. The Morgan fingerprint density at radius 2 is 1.86 bits per heavy atom. The molecule has 2 amide bonds. The fourth-order valence-electron chi connectivity index (χ4n) is 3.13. The van der Waals surface area contributed by atoms with Crippen molar-refractivity contribution in [2.45, 2.75) is 26.3 Å². The van der Waals surface area contributed by atoms with Crippen molar-refractivity contribution in [3.05, 3.63) is 32.9 Å². The van der Waals surface area contributed by atoms with E-state index in [1.807, 2.05) is 18.2 Å². The molecule has 2 aliphatic rings. The van der Waals surface area contributed by atoms with E-state index in [1.54, 1.807) is 11.3 Å². The first-order chi connectivity index (χ1) is 10.6. The summed E-state index contributed by atoms with van der Waals surface area (Å²) in [6.07, 6.45) is 5.46. The Kier molecular flexibility index (Phi) is 4.80. The molecule has 22 heavy (non-hydrogen) atoms. The highest BCUT2D eigenvalue weighted by Gasteiger charge is 2.47. The standard InChI is InChI=1S/C16H19BrN2O2S/c1-2-18(9-11-7-8-14(17)22-11)10-19-15(20)12-5-3-4-6-13(12)16(19)21/h3-4,7-8,12-13H,2,5-6,9-10H2,1H3/t12-,13+. The average Bonchev–Trinajstić information content (AvgIpc) is 3.04. The van der Waals surface area contributed by atoms with Crippen molar-refractivity contribution in [3.63, 3.8) is 0 Å². The van der Waals surface area contributed by atoms with Gasteiger partial charge in [0, 0.05) is 11.4 Å². The van der Waals surface area contributed by atoms with Gasteiger partial charge < -0.3 is 0 Å². The smallest absolute Gasteiger partial charge is 0.234 e. The summed E-state index contributed by atoms with van der Waals surface area (Å²) in [5, 5.41) is 0. The lowest BCUT2D eigenvalue weighted by Crippen LogP contribution is -2.41. The molecule has 1 aliphatic heterocycles. The first-order valence-electron chi connectivity index (χ1n) is 7.57. The van der Waals surface area contributed by atoms with Crippen molar-refractivity contribution in [3.8, 4) is 0 Å². The predicted molar refractivity (Wildman–Crippen MR) is 90.2 cm³/mol. The Balaban J connectivity index is 1.68. The van der Waals surface area contributed by atoms with E-state index in [0.717, 1.165) is 16.9 Å². The Labute approximate surface area is 142 Å². The number of amides is 2. The van der Waals surface area contributed by atoms with Gasteiger partial charge in [0.1, 0.15) is 0 Å². The molecule has 1 saturated heterocycles. The molecule has 6 heteroatoms. The van der Waals surface area contributed by atoms with E-state index in [0.29, 0.717) is 19.5 Å². The Bertz CT molecular complexity index is 587. The zero-order valence-corrected chi connectivity index (χ0v) is 14.9. The lowest BCUT2D eigenvalue weighted by atomic mass is 9.85. The van der Waals surface area contributed by atoms with Gasteiger partial charge in [0.2, 0.25) is 11.8 Å². The molecule has 2 atom stereocenters. The third-order valence-corrected chi connectivity index (χ3v) is 6.00. The monoisotopic (exact) mass is 382 g/mol. The van der Waals surface area contributed by atoms with Crippen LogP contribution in [0.1, 0.15) is 24.6 Å². The minimum Gasteiger partial charge on any atom is -0.281 e. The van der Waals surface area contributed by atoms with Gasteiger partial charge in [0.05, 0.1) is 22.3 Å². The lowest BCUT2D eigenvalue weighted by Gasteiger charge is -2.25. The van der Waals surface area contributed by atoms with E-state index in [4.69, 9.17) is 0 Å². The summed E-state index contributed by atoms with van der Waals surface area (Å²) in [6, 6.07) is 4.11. The van der Waals surface area contributed by atoms with Crippen LogP contribution >= 0.6 is 27.3 Å². The molecule has 3 rings (SSSR count). The van der Waals surface area contributed by atoms with Crippen LogP contribution in [0.4, 0.5) is 0 Å². The second-order valence-electron chi connectivity index (χ2n) is 5.75. The van der Waals surface area contributed by atoms with Crippen molar-refractivity contribution in [1.82, 2.24) is 9.80 Å². The third kappa shape index (κ3) is 3.05. The first kappa shape index (κ1) is 15.9. The molecule has 1 aliphatic carbocycles. The van der Waals surface area contributed by atoms with E-state index < -0.39 is 0 Å². The predicted octanol–water partition coefficient (Wildman–Crippen LogP) is 3.24. The molecule has 4 nitrogen and oxygen atoms in total. The van der Waals surface area contributed by atoms with E-state index >= 15 is 0 Å². The van der Waals surface area contributed by atoms with Crippen molar-refractivity contribution < 1.29 is 9.59 Å². The van der Waals surface area contributed by atoms with Crippen LogP contribution in [0.2, 0.25) is 0 Å². The van der Waals surface area contributed by atoms with Gasteiger partial charge in [-0.05, 0) is 47.4 Å². The summed E-state index contributed by atoms with van der Waals surface area (Å²) in [5.74, 6) is -0.255. The number of rotatable bonds is 5. The number of nitrogens with zero attached hydrogens (tertiary/aromatic N) is 2. The maximum atomic E-state index is 12.5. The number of hydrogen-bond donors (Lipinski definition) is 0. The van der Waals surface area contributed by atoms with Crippen LogP contribution in [0, 0.1) is 11.8 Å². The van der Waals surface area contributed by atoms with Gasteiger partial charge in [-0.15, -0.1) is 11.3 Å². The SMILES string of the molecule is CCN(Cc1ccc(Br)s1)CN1C(=O)[C@H]2CC=CC[C@H]2C1=O. The molecule has 0 saturated carbocycles. The largest absolute Gasteiger partial charge is 0.281 e. The van der Waals surface area contributed by atoms with E-state index in [9.17, 15) is 9.59 Å². The fourth-order valence-corrected chi connectivity index (χ4v) is 4.65. The minimum absolute atomic E-state index is 0.00478. The van der Waals surface area contributed by atoms with Crippen molar-refractivity contribution >= 4 is 39.1 Å². The second-order valence-corrected chi connectivity index (χ2v) is 8.30. The quantitative estimate of drug-likeness (QED) is 0.579. The highest BCUT2D eigenvalue weighted by Crippen LogP contribution is 2.35. The number of halogens is 1. The summed E-state index contributed by atoms with van der Waals surface area (Å²) in [4.78, 5) is 29.8. The van der Waals surface area contributed by atoms with Crippen molar-refractivity contribution in [2.75, 3.05) is 13.2 Å². The number of likely N-dealkylation sites (tertiary alicyclic amines) is 1. The number of imide groups is 1. The molecule has 0 N–H and O–H groups in total. The van der Waals surface area contributed by atoms with Gasteiger partial charge in [-0.25, -0.2) is 0 Å². The summed E-state index contributed by atoms with van der Waals surface area (Å²) in [6.45, 7) is 4.02. The Morgan fingerprint density at radius 3 is 2.36 bits per heavy atom. The van der Waals surface area contributed by atoms with Gasteiger partial charge in [-0.2, -0.15) is 0 Å². The van der Waals surface area contributed by atoms with Crippen LogP contribution in [-0.4, -0.2) is 34.8 Å². The number of carbonyl (C=O) groups is 2. The van der Waals surface area contributed by atoms with Gasteiger partial charge >= 0.3 is 0 Å². The summed E-state index contributed by atoms with van der Waals surface area (Å²) >= 11 is 5.15. The average molecular weight is 383 g/mol. The van der Waals surface area contributed by atoms with E-state index in [1.165, 1.54) is 9.78 Å². The number of allylic oxidation sites excluding steroid dienone is 2. The summed E-state index contributed by atoms with van der Waals surface area (Å²) in [5.41, 5.74) is 0. The Morgan fingerprint density at radius 1 is 1.23 bits per heavy atom. The second kappa shape index (κ2) is 6.64. The molecule has 0 spiro atoms. The molecule has 1 fully saturated rings. The molecule has 118 valence electrons. The topological polar surface area (TPSA) is 40.6 Å². The van der Waals surface area contributed by atoms with Gasteiger partial charge in [0.25, 0.3) is 0 Å². The highest BCUT2D eigenvalue weighted by molar-refractivity contribution is 9.11. The molecule has 0 unspecified atom stereocenters. The normalized spacial score (nSPS) is 24.4. The fraction of sp³-hybridized carbons (Fsp3) is 0.500. The van der Waals surface area contributed by atoms with E-state index in [2.05, 4.69) is 33.8 Å². The maximum absolute atomic E-state index is 12.5. The number of carbonyl (C=O) groups excluding carboxylic acids is 2. The number of fused-ring (bicyclic) bond motifs is 1. The molecule has 0 radical (unpaired) electrons. The molecule has 1 aromatic heterocycles. The molecule has 1 aromatic rings. The molecular formula is C16H19BrN2O2S. The summed E-state index contributed by atoms with van der Waals surface area (Å²) < 4.78 is 1.10. The summed E-state index contributed by atoms with van der Waals surface area (Å²) in [7, 11) is 0. The maximum Gasteiger partial charge on any atom is 0.234 e. The van der Waals surface area contributed by atoms with Crippen LogP contribution in [0.5, 0.6) is 0 Å². The van der Waals surface area contributed by atoms with Crippen LogP contribution in [0.25, 0.3) is 0 Å². The van der Waals surface area contributed by atoms with E-state index in [-0.39, 0.29) is 23.7 Å². The number of thiophene rings is 1.